The predicted octanol–water partition coefficient (Wildman–Crippen LogP) is 0.900. The Morgan fingerprint density at radius 1 is 0.654 bits per heavy atom. The van der Waals surface area contributed by atoms with Gasteiger partial charge in [-0.3, -0.25) is 9.68 Å². The minimum absolute atomic E-state index is 0.739. The standard InChI is InChI=1S/C14H24N2O10/c1-13(2,3)23-11(19)15-21-7-9(17)25-26-10(18)8-22-16-12(20)24-14(4,5)6/h7-8H2,1-6H3,(H,15,19)(H,16,20). The number of ether oxygens (including phenoxy) is 2. The summed E-state index contributed by atoms with van der Waals surface area (Å²) in [7, 11) is 0. The molecule has 0 aromatic heterocycles. The summed E-state index contributed by atoms with van der Waals surface area (Å²) in [5.41, 5.74) is 2.19. The lowest BCUT2D eigenvalue weighted by molar-refractivity contribution is -0.265. The van der Waals surface area contributed by atoms with Crippen molar-refractivity contribution in [2.45, 2.75) is 52.7 Å². The Hall–Kier alpha value is -2.60. The number of hydroxylamine groups is 2. The Morgan fingerprint density at radius 2 is 0.962 bits per heavy atom. The normalized spacial score (nSPS) is 11.2. The fraction of sp³-hybridized carbons (Fsp3) is 0.714. The molecule has 150 valence electrons. The molecule has 26 heavy (non-hydrogen) atoms. The molecule has 0 aliphatic carbocycles. The van der Waals surface area contributed by atoms with Gasteiger partial charge in [-0.15, -0.1) is 0 Å². The highest BCUT2D eigenvalue weighted by Gasteiger charge is 2.18. The molecule has 0 atom stereocenters. The Balaban J connectivity index is 3.81. The molecule has 0 heterocycles. The summed E-state index contributed by atoms with van der Waals surface area (Å²) in [4.78, 5) is 62.0. The lowest BCUT2D eigenvalue weighted by atomic mass is 10.2. The van der Waals surface area contributed by atoms with Crippen LogP contribution in [0, 0.1) is 0 Å². The van der Waals surface area contributed by atoms with Gasteiger partial charge in [-0.25, -0.2) is 29.0 Å². The van der Waals surface area contributed by atoms with Gasteiger partial charge in [0.15, 0.2) is 13.2 Å². The molecule has 2 N–H and O–H groups in total. The van der Waals surface area contributed by atoms with Gasteiger partial charge in [-0.05, 0) is 41.5 Å². The SMILES string of the molecule is CC(C)(C)OC(=O)NOCC(=O)OOC(=O)CONC(=O)OC(C)(C)C. The lowest BCUT2D eigenvalue weighted by Gasteiger charge is -2.19. The Kier molecular flexibility index (Phi) is 9.36. The molecule has 0 saturated heterocycles. The molecule has 12 heteroatoms. The number of carbonyl (C=O) groups excluding carboxylic acids is 4. The van der Waals surface area contributed by atoms with Crippen LogP contribution in [0.15, 0.2) is 0 Å². The number of rotatable bonds is 6. The van der Waals surface area contributed by atoms with E-state index >= 15 is 0 Å². The van der Waals surface area contributed by atoms with Crippen molar-refractivity contribution in [3.63, 3.8) is 0 Å². The highest BCUT2D eigenvalue weighted by atomic mass is 17.2. The summed E-state index contributed by atoms with van der Waals surface area (Å²) < 4.78 is 9.68. The maximum absolute atomic E-state index is 11.2. The first-order valence-corrected chi connectivity index (χ1v) is 7.40. The minimum Gasteiger partial charge on any atom is -0.442 e. The van der Waals surface area contributed by atoms with Crippen LogP contribution in [-0.2, 0) is 38.5 Å². The monoisotopic (exact) mass is 380 g/mol. The van der Waals surface area contributed by atoms with E-state index in [9.17, 15) is 19.2 Å². The average molecular weight is 380 g/mol. The van der Waals surface area contributed by atoms with E-state index in [2.05, 4.69) is 19.5 Å². The van der Waals surface area contributed by atoms with Crippen molar-refractivity contribution >= 4 is 24.1 Å². The molecule has 0 aliphatic heterocycles. The Morgan fingerprint density at radius 3 is 1.23 bits per heavy atom. The molecular formula is C14H24N2O10. The number of hydrogen-bond donors (Lipinski definition) is 2. The van der Waals surface area contributed by atoms with Crippen molar-refractivity contribution in [1.29, 1.82) is 0 Å². The van der Waals surface area contributed by atoms with Crippen LogP contribution in [0.1, 0.15) is 41.5 Å². The van der Waals surface area contributed by atoms with Gasteiger partial charge in [0, 0.05) is 0 Å². The van der Waals surface area contributed by atoms with Crippen molar-refractivity contribution in [1.82, 2.24) is 11.0 Å². The van der Waals surface area contributed by atoms with Crippen LogP contribution in [0.2, 0.25) is 0 Å². The Bertz CT molecular complexity index is 461. The molecule has 0 aromatic rings. The smallest absolute Gasteiger partial charge is 0.431 e. The van der Waals surface area contributed by atoms with Crippen LogP contribution in [0.5, 0.6) is 0 Å². The van der Waals surface area contributed by atoms with Crippen LogP contribution >= 0.6 is 0 Å². The van der Waals surface area contributed by atoms with E-state index in [1.807, 2.05) is 11.0 Å². The maximum atomic E-state index is 11.2. The van der Waals surface area contributed by atoms with Crippen LogP contribution in [-0.4, -0.2) is 48.5 Å². The average Bonchev–Trinajstić information content (AvgIpc) is 2.41. The van der Waals surface area contributed by atoms with Crippen LogP contribution in [0.25, 0.3) is 0 Å². The molecule has 0 unspecified atom stereocenters. The third kappa shape index (κ3) is 15.0. The second-order valence-electron chi connectivity index (χ2n) is 6.70. The number of amides is 2. The van der Waals surface area contributed by atoms with Gasteiger partial charge in [0.2, 0.25) is 0 Å². The lowest BCUT2D eigenvalue weighted by Crippen LogP contribution is -2.34. The van der Waals surface area contributed by atoms with E-state index in [4.69, 9.17) is 9.47 Å². The first-order valence-electron chi connectivity index (χ1n) is 7.40. The van der Waals surface area contributed by atoms with Gasteiger partial charge >= 0.3 is 24.1 Å². The minimum atomic E-state index is -1.12. The van der Waals surface area contributed by atoms with Crippen LogP contribution in [0.3, 0.4) is 0 Å². The van der Waals surface area contributed by atoms with E-state index in [1.165, 1.54) is 0 Å². The van der Waals surface area contributed by atoms with Gasteiger partial charge in [0.05, 0.1) is 0 Å². The zero-order valence-electron chi connectivity index (χ0n) is 15.5. The summed E-state index contributed by atoms with van der Waals surface area (Å²) >= 11 is 0. The summed E-state index contributed by atoms with van der Waals surface area (Å²) in [6.07, 6.45) is -1.83. The molecule has 0 aliphatic rings. The second kappa shape index (κ2) is 10.4. The van der Waals surface area contributed by atoms with Gasteiger partial charge in [0.25, 0.3) is 0 Å². The third-order valence-electron chi connectivity index (χ3n) is 1.72. The largest absolute Gasteiger partial charge is 0.442 e. The van der Waals surface area contributed by atoms with Crippen molar-refractivity contribution in [3.8, 4) is 0 Å². The zero-order valence-corrected chi connectivity index (χ0v) is 15.5. The van der Waals surface area contributed by atoms with E-state index in [1.54, 1.807) is 41.5 Å². The molecule has 0 saturated carbocycles. The summed E-state index contributed by atoms with van der Waals surface area (Å²) in [5, 5.41) is 0. The first-order chi connectivity index (χ1) is 11.8. The zero-order chi connectivity index (χ0) is 20.4. The highest BCUT2D eigenvalue weighted by Crippen LogP contribution is 2.06. The molecule has 0 fully saturated rings. The molecule has 12 nitrogen and oxygen atoms in total. The summed E-state index contributed by atoms with van der Waals surface area (Å²) in [6, 6.07) is 0. The Labute approximate surface area is 150 Å². The van der Waals surface area contributed by atoms with Gasteiger partial charge in [-0.2, -0.15) is 11.0 Å². The van der Waals surface area contributed by atoms with Crippen LogP contribution in [0.4, 0.5) is 9.59 Å². The summed E-state index contributed by atoms with van der Waals surface area (Å²) in [5.74, 6) is -2.23. The quantitative estimate of drug-likeness (QED) is 0.503. The molecular weight excluding hydrogens is 356 g/mol. The van der Waals surface area contributed by atoms with E-state index < -0.39 is 48.5 Å². The molecule has 0 bridgehead atoms. The second-order valence-corrected chi connectivity index (χ2v) is 6.70. The van der Waals surface area contributed by atoms with E-state index in [0.29, 0.717) is 0 Å². The summed E-state index contributed by atoms with van der Waals surface area (Å²) in [6.45, 7) is 8.34. The predicted molar refractivity (Wildman–Crippen MR) is 82.8 cm³/mol. The number of nitrogens with one attached hydrogen (secondary N) is 2. The van der Waals surface area contributed by atoms with Gasteiger partial charge < -0.3 is 9.47 Å². The number of carbonyl (C=O) groups is 4. The van der Waals surface area contributed by atoms with Gasteiger partial charge in [-0.1, -0.05) is 0 Å². The highest BCUT2D eigenvalue weighted by molar-refractivity contribution is 5.74. The third-order valence-corrected chi connectivity index (χ3v) is 1.72. The fourth-order valence-corrected chi connectivity index (χ4v) is 1.05. The fourth-order valence-electron chi connectivity index (χ4n) is 1.05. The van der Waals surface area contributed by atoms with E-state index in [-0.39, 0.29) is 0 Å². The molecule has 0 radical (unpaired) electrons. The van der Waals surface area contributed by atoms with Crippen LogP contribution < -0.4 is 11.0 Å². The molecule has 0 spiro atoms. The maximum Gasteiger partial charge on any atom is 0.431 e. The molecule has 0 aromatic carbocycles. The van der Waals surface area contributed by atoms with Gasteiger partial charge in [0.1, 0.15) is 11.2 Å². The van der Waals surface area contributed by atoms with Crippen molar-refractivity contribution in [2.75, 3.05) is 13.2 Å². The number of hydrogen-bond acceptors (Lipinski definition) is 10. The topological polar surface area (TPSA) is 148 Å². The van der Waals surface area contributed by atoms with Crippen molar-refractivity contribution < 1.29 is 48.1 Å². The molecule has 2 amide bonds. The van der Waals surface area contributed by atoms with Crippen molar-refractivity contribution in [3.05, 3.63) is 0 Å². The van der Waals surface area contributed by atoms with Crippen molar-refractivity contribution in [2.24, 2.45) is 0 Å². The molecule has 0 rings (SSSR count). The first kappa shape index (κ1) is 23.4. The van der Waals surface area contributed by atoms with E-state index in [0.717, 1.165) is 0 Å².